The zero-order valence-corrected chi connectivity index (χ0v) is 13.4. The second kappa shape index (κ2) is 10.7. The minimum Gasteiger partial charge on any atom is -0.481 e. The molecule has 0 aromatic carbocycles. The van der Waals surface area contributed by atoms with Crippen LogP contribution in [0.5, 0.6) is 0 Å². The lowest BCUT2D eigenvalue weighted by molar-refractivity contribution is -0.143. The lowest BCUT2D eigenvalue weighted by atomic mass is 10.1. The van der Waals surface area contributed by atoms with Gasteiger partial charge >= 0.3 is 5.97 Å². The molecule has 20 heavy (non-hydrogen) atoms. The molecule has 0 bridgehead atoms. The van der Waals surface area contributed by atoms with Crippen molar-refractivity contribution in [2.75, 3.05) is 32.7 Å². The molecule has 0 saturated heterocycles. The number of carboxylic acid groups (broad SMARTS) is 1. The standard InChI is InChI=1S/C15H30N2O3/c1-5-8-9-14(18)17(12-13(4)15(19)20)11-10-16(6-2)7-3/h13H,5-12H2,1-4H3,(H,19,20). The predicted molar refractivity (Wildman–Crippen MR) is 80.7 cm³/mol. The van der Waals surface area contributed by atoms with Gasteiger partial charge in [-0.3, -0.25) is 9.59 Å². The first-order chi connectivity index (χ1) is 9.46. The zero-order chi connectivity index (χ0) is 15.5. The molecule has 0 aromatic rings. The van der Waals surface area contributed by atoms with Crippen molar-refractivity contribution in [3.05, 3.63) is 0 Å². The Morgan fingerprint density at radius 1 is 1.10 bits per heavy atom. The van der Waals surface area contributed by atoms with Gasteiger partial charge in [0.25, 0.3) is 0 Å². The molecule has 0 rings (SSSR count). The Morgan fingerprint density at radius 3 is 2.15 bits per heavy atom. The zero-order valence-electron chi connectivity index (χ0n) is 13.4. The summed E-state index contributed by atoms with van der Waals surface area (Å²) in [4.78, 5) is 27.1. The van der Waals surface area contributed by atoms with E-state index in [1.54, 1.807) is 11.8 Å². The number of carboxylic acids is 1. The number of carbonyl (C=O) groups is 2. The Bertz CT molecular complexity index is 291. The van der Waals surface area contributed by atoms with Crippen molar-refractivity contribution in [2.24, 2.45) is 5.92 Å². The summed E-state index contributed by atoms with van der Waals surface area (Å²) < 4.78 is 0. The SMILES string of the molecule is CCCCC(=O)N(CCN(CC)CC)CC(C)C(=O)O. The number of hydrogen-bond donors (Lipinski definition) is 1. The number of unbranched alkanes of at least 4 members (excludes halogenated alkanes) is 1. The van der Waals surface area contributed by atoms with Gasteiger partial charge in [0.05, 0.1) is 5.92 Å². The molecule has 5 nitrogen and oxygen atoms in total. The molecule has 0 saturated carbocycles. The van der Waals surface area contributed by atoms with E-state index in [1.165, 1.54) is 0 Å². The molecule has 0 aliphatic carbocycles. The lowest BCUT2D eigenvalue weighted by Gasteiger charge is -2.28. The van der Waals surface area contributed by atoms with E-state index in [4.69, 9.17) is 5.11 Å². The summed E-state index contributed by atoms with van der Waals surface area (Å²) in [5.74, 6) is -1.29. The molecule has 1 unspecified atom stereocenters. The summed E-state index contributed by atoms with van der Waals surface area (Å²) in [5.41, 5.74) is 0. The van der Waals surface area contributed by atoms with Gasteiger partial charge in [0, 0.05) is 26.1 Å². The van der Waals surface area contributed by atoms with E-state index < -0.39 is 11.9 Å². The molecular formula is C15H30N2O3. The van der Waals surface area contributed by atoms with Crippen molar-refractivity contribution >= 4 is 11.9 Å². The number of nitrogens with zero attached hydrogens (tertiary/aromatic N) is 2. The molecule has 1 N–H and O–H groups in total. The van der Waals surface area contributed by atoms with E-state index >= 15 is 0 Å². The average molecular weight is 286 g/mol. The van der Waals surface area contributed by atoms with Crippen LogP contribution in [0.1, 0.15) is 47.0 Å². The fourth-order valence-electron chi connectivity index (χ4n) is 2.01. The van der Waals surface area contributed by atoms with Crippen LogP contribution in [0.15, 0.2) is 0 Å². The summed E-state index contributed by atoms with van der Waals surface area (Å²) in [5, 5.41) is 9.01. The number of likely N-dealkylation sites (N-methyl/N-ethyl adjacent to an activating group) is 1. The van der Waals surface area contributed by atoms with E-state index in [9.17, 15) is 9.59 Å². The molecule has 0 fully saturated rings. The second-order valence-electron chi connectivity index (χ2n) is 5.21. The van der Waals surface area contributed by atoms with Crippen LogP contribution < -0.4 is 0 Å². The third-order valence-electron chi connectivity index (χ3n) is 3.59. The maximum absolute atomic E-state index is 12.2. The average Bonchev–Trinajstić information content (AvgIpc) is 2.43. The fraction of sp³-hybridized carbons (Fsp3) is 0.867. The predicted octanol–water partition coefficient (Wildman–Crippen LogP) is 2.07. The van der Waals surface area contributed by atoms with Gasteiger partial charge in [-0.15, -0.1) is 0 Å². The van der Waals surface area contributed by atoms with Gasteiger partial charge in [-0.25, -0.2) is 0 Å². The van der Waals surface area contributed by atoms with Crippen molar-refractivity contribution in [2.45, 2.75) is 47.0 Å². The van der Waals surface area contributed by atoms with Crippen LogP contribution in [0, 0.1) is 5.92 Å². The third kappa shape index (κ3) is 7.48. The van der Waals surface area contributed by atoms with E-state index in [-0.39, 0.29) is 5.91 Å². The maximum Gasteiger partial charge on any atom is 0.308 e. The normalized spacial score (nSPS) is 12.4. The Labute approximate surface area is 122 Å². The van der Waals surface area contributed by atoms with Crippen LogP contribution >= 0.6 is 0 Å². The summed E-state index contributed by atoms with van der Waals surface area (Å²) in [6.07, 6.45) is 2.35. The summed E-state index contributed by atoms with van der Waals surface area (Å²) in [6.45, 7) is 11.5. The smallest absolute Gasteiger partial charge is 0.308 e. The van der Waals surface area contributed by atoms with Gasteiger partial charge in [-0.1, -0.05) is 34.1 Å². The quantitative estimate of drug-likeness (QED) is 0.631. The van der Waals surface area contributed by atoms with Gasteiger partial charge in [0.2, 0.25) is 5.91 Å². The number of hydrogen-bond acceptors (Lipinski definition) is 3. The number of amides is 1. The van der Waals surface area contributed by atoms with Crippen LogP contribution in [-0.2, 0) is 9.59 Å². The molecule has 0 aliphatic rings. The van der Waals surface area contributed by atoms with Crippen molar-refractivity contribution in [1.29, 1.82) is 0 Å². The summed E-state index contributed by atoms with van der Waals surface area (Å²) >= 11 is 0. The molecule has 0 aromatic heterocycles. The molecule has 5 heteroatoms. The molecule has 0 radical (unpaired) electrons. The van der Waals surface area contributed by atoms with Gasteiger partial charge in [0.15, 0.2) is 0 Å². The van der Waals surface area contributed by atoms with Crippen LogP contribution in [0.2, 0.25) is 0 Å². The highest BCUT2D eigenvalue weighted by molar-refractivity contribution is 5.77. The molecule has 118 valence electrons. The van der Waals surface area contributed by atoms with Crippen LogP contribution in [0.25, 0.3) is 0 Å². The Balaban J connectivity index is 4.52. The first-order valence-corrected chi connectivity index (χ1v) is 7.69. The summed E-state index contributed by atoms with van der Waals surface area (Å²) in [6, 6.07) is 0. The number of rotatable bonds is 11. The topological polar surface area (TPSA) is 60.9 Å². The highest BCUT2D eigenvalue weighted by Gasteiger charge is 2.20. The van der Waals surface area contributed by atoms with E-state index in [0.717, 1.165) is 32.5 Å². The molecule has 1 atom stereocenters. The molecule has 1 amide bonds. The molecule has 0 aliphatic heterocycles. The van der Waals surface area contributed by atoms with E-state index in [1.807, 2.05) is 6.92 Å². The van der Waals surface area contributed by atoms with Gasteiger partial charge in [-0.2, -0.15) is 0 Å². The van der Waals surface area contributed by atoms with Gasteiger partial charge in [0.1, 0.15) is 0 Å². The minimum atomic E-state index is -0.846. The second-order valence-corrected chi connectivity index (χ2v) is 5.21. The van der Waals surface area contributed by atoms with Crippen molar-refractivity contribution in [3.63, 3.8) is 0 Å². The van der Waals surface area contributed by atoms with Crippen molar-refractivity contribution in [1.82, 2.24) is 9.80 Å². The Morgan fingerprint density at radius 2 is 1.70 bits per heavy atom. The van der Waals surface area contributed by atoms with Crippen LogP contribution in [0.3, 0.4) is 0 Å². The third-order valence-corrected chi connectivity index (χ3v) is 3.59. The van der Waals surface area contributed by atoms with Crippen LogP contribution in [0.4, 0.5) is 0 Å². The molecular weight excluding hydrogens is 256 g/mol. The maximum atomic E-state index is 12.2. The first-order valence-electron chi connectivity index (χ1n) is 7.69. The van der Waals surface area contributed by atoms with Gasteiger partial charge in [-0.05, 0) is 19.5 Å². The van der Waals surface area contributed by atoms with Gasteiger partial charge < -0.3 is 14.9 Å². The minimum absolute atomic E-state index is 0.0760. The first kappa shape index (κ1) is 18.9. The Hall–Kier alpha value is -1.10. The summed E-state index contributed by atoms with van der Waals surface area (Å²) in [7, 11) is 0. The lowest BCUT2D eigenvalue weighted by Crippen LogP contribution is -2.42. The Kier molecular flexibility index (Phi) is 10.1. The van der Waals surface area contributed by atoms with Crippen LogP contribution in [-0.4, -0.2) is 59.5 Å². The van der Waals surface area contributed by atoms with E-state index in [2.05, 4.69) is 18.7 Å². The fourth-order valence-corrected chi connectivity index (χ4v) is 2.01. The largest absolute Gasteiger partial charge is 0.481 e. The van der Waals surface area contributed by atoms with Crippen molar-refractivity contribution in [3.8, 4) is 0 Å². The number of carbonyl (C=O) groups excluding carboxylic acids is 1. The van der Waals surface area contributed by atoms with E-state index in [0.29, 0.717) is 19.5 Å². The monoisotopic (exact) mass is 286 g/mol. The number of aliphatic carboxylic acids is 1. The molecule has 0 heterocycles. The highest BCUT2D eigenvalue weighted by atomic mass is 16.4. The van der Waals surface area contributed by atoms with Crippen molar-refractivity contribution < 1.29 is 14.7 Å². The molecule has 0 spiro atoms. The highest BCUT2D eigenvalue weighted by Crippen LogP contribution is 2.06.